The van der Waals surface area contributed by atoms with Gasteiger partial charge in [-0.2, -0.15) is 0 Å². The largest absolute Gasteiger partial charge is 0.507 e. The molecule has 4 N–H and O–H groups in total. The van der Waals surface area contributed by atoms with E-state index in [2.05, 4.69) is 0 Å². The van der Waals surface area contributed by atoms with Crippen LogP contribution in [0.1, 0.15) is 38.9 Å². The quantitative estimate of drug-likeness (QED) is 0.434. The number of aryl methyl sites for hydroxylation is 2. The molecule has 0 atom stereocenters. The minimum absolute atomic E-state index is 0.0437. The Kier molecular flexibility index (Phi) is 9.00. The molecule has 0 heterocycles. The molecule has 0 aliphatic carbocycles. The number of carboxylic acid groups (broad SMARTS) is 1. The molecule has 0 amide bonds. The summed E-state index contributed by atoms with van der Waals surface area (Å²) in [5.74, 6) is -0.784. The number of phenols is 1. The highest BCUT2D eigenvalue weighted by Crippen LogP contribution is 2.26. The van der Waals surface area contributed by atoms with Gasteiger partial charge >= 0.3 is 5.97 Å². The highest BCUT2D eigenvalue weighted by molar-refractivity contribution is 5.69. The summed E-state index contributed by atoms with van der Waals surface area (Å²) in [6, 6.07) is 7.64. The lowest BCUT2D eigenvalue weighted by atomic mass is 9.99. The van der Waals surface area contributed by atoms with Crippen LogP contribution in [0, 0.1) is 20.8 Å². The highest BCUT2D eigenvalue weighted by atomic mass is 16.4. The van der Waals surface area contributed by atoms with E-state index in [0.717, 1.165) is 33.4 Å². The molecular weight excluding hydrogens is 396 g/mol. The van der Waals surface area contributed by atoms with Gasteiger partial charge in [0.1, 0.15) is 5.75 Å². The fraction of sp³-hybridized carbons (Fsp3) is 0.458. The van der Waals surface area contributed by atoms with Crippen LogP contribution in [0.2, 0.25) is 0 Å². The topological polar surface area (TPSA) is 104 Å². The number of nitrogens with zero attached hydrogens (tertiary/aromatic N) is 2. The van der Waals surface area contributed by atoms with Crippen LogP contribution in [0.5, 0.6) is 5.75 Å². The molecule has 0 radical (unpaired) electrons. The number of likely N-dealkylation sites (N-methyl/N-ethyl adjacent to an activating group) is 1. The van der Waals surface area contributed by atoms with Crippen molar-refractivity contribution >= 4 is 5.97 Å². The third-order valence-electron chi connectivity index (χ3n) is 5.51. The molecule has 0 aliphatic rings. The second kappa shape index (κ2) is 11.2. The molecule has 2 aromatic rings. The maximum Gasteiger partial charge on any atom is 0.317 e. The molecule has 0 aliphatic heterocycles. The van der Waals surface area contributed by atoms with Gasteiger partial charge in [-0.15, -0.1) is 0 Å². The van der Waals surface area contributed by atoms with Crippen LogP contribution in [-0.2, 0) is 31.1 Å². The summed E-state index contributed by atoms with van der Waals surface area (Å²) in [5, 5.41) is 38.7. The number of rotatable bonds is 11. The number of aromatic hydroxyl groups is 1. The molecule has 7 heteroatoms. The summed E-state index contributed by atoms with van der Waals surface area (Å²) in [7, 11) is 1.92. The summed E-state index contributed by atoms with van der Waals surface area (Å²) < 4.78 is 0. The molecule has 31 heavy (non-hydrogen) atoms. The van der Waals surface area contributed by atoms with Crippen molar-refractivity contribution in [1.82, 2.24) is 9.80 Å². The number of hydrogen-bond donors (Lipinski definition) is 4. The molecule has 0 fully saturated rings. The van der Waals surface area contributed by atoms with Crippen molar-refractivity contribution in [1.29, 1.82) is 0 Å². The van der Waals surface area contributed by atoms with Gasteiger partial charge in [0, 0.05) is 37.3 Å². The van der Waals surface area contributed by atoms with Gasteiger partial charge in [0.15, 0.2) is 0 Å². The normalized spacial score (nSPS) is 11.5. The predicted octanol–water partition coefficient (Wildman–Crippen LogP) is 2.32. The number of benzene rings is 2. The average molecular weight is 431 g/mol. The number of hydrogen-bond acceptors (Lipinski definition) is 6. The number of aliphatic carboxylic acids is 1. The van der Waals surface area contributed by atoms with E-state index < -0.39 is 5.97 Å². The summed E-state index contributed by atoms with van der Waals surface area (Å²) in [4.78, 5) is 15.3. The van der Waals surface area contributed by atoms with Crippen molar-refractivity contribution in [2.45, 2.75) is 47.1 Å². The van der Waals surface area contributed by atoms with Crippen LogP contribution in [0.25, 0.3) is 0 Å². The first-order valence-corrected chi connectivity index (χ1v) is 10.4. The van der Waals surface area contributed by atoms with Gasteiger partial charge in [0.05, 0.1) is 19.8 Å². The van der Waals surface area contributed by atoms with Crippen LogP contribution in [0.15, 0.2) is 24.3 Å². The molecule has 7 nitrogen and oxygen atoms in total. The Morgan fingerprint density at radius 1 is 0.839 bits per heavy atom. The smallest absolute Gasteiger partial charge is 0.317 e. The van der Waals surface area contributed by atoms with Gasteiger partial charge in [0.25, 0.3) is 0 Å². The summed E-state index contributed by atoms with van der Waals surface area (Å²) >= 11 is 0. The van der Waals surface area contributed by atoms with E-state index in [9.17, 15) is 25.2 Å². The highest BCUT2D eigenvalue weighted by Gasteiger charge is 2.16. The molecule has 0 aromatic heterocycles. The molecule has 0 unspecified atom stereocenters. The Labute approximate surface area is 184 Å². The zero-order valence-corrected chi connectivity index (χ0v) is 18.9. The number of aliphatic hydroxyl groups is 2. The zero-order chi connectivity index (χ0) is 23.1. The van der Waals surface area contributed by atoms with Crippen LogP contribution in [0.4, 0.5) is 0 Å². The van der Waals surface area contributed by atoms with Crippen molar-refractivity contribution in [3.8, 4) is 5.75 Å². The van der Waals surface area contributed by atoms with Gasteiger partial charge in [-0.05, 0) is 44.5 Å². The number of carbonyl (C=O) groups is 1. The van der Waals surface area contributed by atoms with Gasteiger partial charge in [-0.3, -0.25) is 9.69 Å². The van der Waals surface area contributed by atoms with E-state index in [1.54, 1.807) is 6.07 Å². The summed E-state index contributed by atoms with van der Waals surface area (Å²) in [6.07, 6.45) is 0. The van der Waals surface area contributed by atoms with E-state index >= 15 is 0 Å². The molecular formula is C24H34N2O5. The van der Waals surface area contributed by atoms with Crippen LogP contribution >= 0.6 is 0 Å². The Morgan fingerprint density at radius 2 is 1.39 bits per heavy atom. The van der Waals surface area contributed by atoms with Crippen LogP contribution in [-0.4, -0.2) is 62.9 Å². The van der Waals surface area contributed by atoms with Crippen molar-refractivity contribution in [3.05, 3.63) is 63.2 Å². The third kappa shape index (κ3) is 7.04. The minimum Gasteiger partial charge on any atom is -0.507 e. The first-order valence-electron chi connectivity index (χ1n) is 10.4. The Hall–Kier alpha value is -2.45. The first-order chi connectivity index (χ1) is 14.6. The maximum atomic E-state index is 11.4. The lowest BCUT2D eigenvalue weighted by Gasteiger charge is -2.26. The SMILES string of the molecule is Cc1cc(CO)c(C)c(CN(CCN(C)Cc2cc(C)cc(CO)c2O)CC(=O)O)c1. The van der Waals surface area contributed by atoms with E-state index in [1.165, 1.54) is 0 Å². The standard InChI is InChI=1S/C24H34N2O5/c1-16-7-19(18(3)21(9-16)14-27)12-26(13-23(29)30)6-5-25(4)11-20-8-17(2)10-22(15-28)24(20)31/h7-10,27-28,31H,5-6,11-15H2,1-4H3,(H,29,30). The number of carboxylic acids is 1. The van der Waals surface area contributed by atoms with Gasteiger partial charge in [-0.25, -0.2) is 0 Å². The van der Waals surface area contributed by atoms with E-state index in [0.29, 0.717) is 31.7 Å². The molecule has 0 saturated heterocycles. The second-order valence-corrected chi connectivity index (χ2v) is 8.30. The first kappa shape index (κ1) is 24.8. The van der Waals surface area contributed by atoms with Gasteiger partial charge in [0.2, 0.25) is 0 Å². The molecule has 0 saturated carbocycles. The molecule has 2 aromatic carbocycles. The van der Waals surface area contributed by atoms with E-state index in [4.69, 9.17) is 0 Å². The van der Waals surface area contributed by atoms with Crippen molar-refractivity contribution in [2.24, 2.45) is 0 Å². The van der Waals surface area contributed by atoms with Crippen molar-refractivity contribution in [3.63, 3.8) is 0 Å². The lowest BCUT2D eigenvalue weighted by molar-refractivity contribution is -0.138. The molecule has 0 bridgehead atoms. The zero-order valence-electron chi connectivity index (χ0n) is 18.9. The Balaban J connectivity index is 2.10. The van der Waals surface area contributed by atoms with E-state index in [1.807, 2.05) is 55.8 Å². The van der Waals surface area contributed by atoms with Crippen LogP contribution < -0.4 is 0 Å². The van der Waals surface area contributed by atoms with Crippen molar-refractivity contribution in [2.75, 3.05) is 26.7 Å². The Morgan fingerprint density at radius 3 is 1.97 bits per heavy atom. The third-order valence-corrected chi connectivity index (χ3v) is 5.51. The summed E-state index contributed by atoms with van der Waals surface area (Å²) in [5.41, 5.74) is 6.09. The Bertz CT molecular complexity index is 913. The molecule has 2 rings (SSSR count). The molecule has 170 valence electrons. The van der Waals surface area contributed by atoms with Crippen LogP contribution in [0.3, 0.4) is 0 Å². The number of aliphatic hydroxyl groups excluding tert-OH is 2. The monoisotopic (exact) mass is 430 g/mol. The average Bonchev–Trinajstić information content (AvgIpc) is 2.70. The minimum atomic E-state index is -0.890. The fourth-order valence-corrected chi connectivity index (χ4v) is 3.85. The second-order valence-electron chi connectivity index (χ2n) is 8.30. The summed E-state index contributed by atoms with van der Waals surface area (Å²) in [6.45, 7) is 7.58. The van der Waals surface area contributed by atoms with Gasteiger partial charge < -0.3 is 25.3 Å². The maximum absolute atomic E-state index is 11.4. The lowest BCUT2D eigenvalue weighted by Crippen LogP contribution is -2.36. The van der Waals surface area contributed by atoms with E-state index in [-0.39, 0.29) is 25.5 Å². The predicted molar refractivity (Wildman–Crippen MR) is 120 cm³/mol. The molecule has 0 spiro atoms. The van der Waals surface area contributed by atoms with Crippen molar-refractivity contribution < 1.29 is 25.2 Å². The van der Waals surface area contributed by atoms with Gasteiger partial charge in [-0.1, -0.05) is 35.4 Å². The fourth-order valence-electron chi connectivity index (χ4n) is 3.85.